The first-order chi connectivity index (χ1) is 21.7. The summed E-state index contributed by atoms with van der Waals surface area (Å²) < 4.78 is 5.15. The number of hydrogen-bond acceptors (Lipinski definition) is 5. The van der Waals surface area contributed by atoms with Gasteiger partial charge in [0.15, 0.2) is 0 Å². The van der Waals surface area contributed by atoms with Crippen LogP contribution in [0, 0.1) is 0 Å². The fraction of sp³-hybridized carbons (Fsp3) is 0.286. The zero-order valence-corrected chi connectivity index (χ0v) is 25.9. The summed E-state index contributed by atoms with van der Waals surface area (Å²) >= 11 is 0. The van der Waals surface area contributed by atoms with E-state index >= 15 is 0 Å². The summed E-state index contributed by atoms with van der Waals surface area (Å²) in [5.41, 5.74) is 6.95. The predicted octanol–water partition coefficient (Wildman–Crippen LogP) is 5.09. The summed E-state index contributed by atoms with van der Waals surface area (Å²) in [7, 11) is 3.63. The van der Waals surface area contributed by atoms with Crippen molar-refractivity contribution in [3.63, 3.8) is 0 Å². The number of aryl methyl sites for hydroxylation is 3. The number of carbonyl (C=O) groups excluding carboxylic acids is 2. The third-order valence-corrected chi connectivity index (χ3v) is 8.62. The van der Waals surface area contributed by atoms with Crippen LogP contribution in [-0.4, -0.2) is 41.8 Å². The molecule has 6 rings (SSSR count). The molecule has 0 bridgehead atoms. The summed E-state index contributed by atoms with van der Waals surface area (Å²) in [5, 5.41) is 10.2. The van der Waals surface area contributed by atoms with Gasteiger partial charge in [-0.15, -0.1) is 0 Å². The Balaban J connectivity index is 1.34. The molecule has 10 heteroatoms. The van der Waals surface area contributed by atoms with Gasteiger partial charge in [-0.05, 0) is 85.2 Å². The van der Waals surface area contributed by atoms with Gasteiger partial charge in [0, 0.05) is 50.2 Å². The van der Waals surface area contributed by atoms with Gasteiger partial charge in [0.2, 0.25) is 5.91 Å². The zero-order chi connectivity index (χ0) is 31.7. The van der Waals surface area contributed by atoms with E-state index in [9.17, 15) is 14.4 Å². The lowest BCUT2D eigenvalue weighted by molar-refractivity contribution is -0.118. The molecular formula is C35H37N7O3. The van der Waals surface area contributed by atoms with Crippen LogP contribution in [-0.2, 0) is 25.3 Å². The van der Waals surface area contributed by atoms with Gasteiger partial charge in [0.05, 0.1) is 18.2 Å². The van der Waals surface area contributed by atoms with Crippen LogP contribution in [0.1, 0.15) is 60.3 Å². The van der Waals surface area contributed by atoms with E-state index in [2.05, 4.69) is 38.9 Å². The minimum atomic E-state index is -0.844. The summed E-state index contributed by atoms with van der Waals surface area (Å²) in [4.78, 5) is 44.2. The minimum Gasteiger partial charge on any atom is -0.338 e. The van der Waals surface area contributed by atoms with Crippen molar-refractivity contribution in [3.05, 3.63) is 113 Å². The Morgan fingerprint density at radius 1 is 0.956 bits per heavy atom. The molecular weight excluding hydrogens is 566 g/mol. The molecule has 0 fully saturated rings. The highest BCUT2D eigenvalue weighted by Gasteiger charge is 2.35. The molecule has 0 unspecified atom stereocenters. The number of nitrogens with one attached hydrogen (secondary N) is 2. The Bertz CT molecular complexity index is 1920. The standard InChI is InChI=1S/C35H37N7O3/c1-22(2)42-20-26(12-15-32(42)43)25-9-8-23-6-5-7-28(29(23)18-25)33(39-34(44)30-16-17-37-41(30)4)35(45)38-27-13-10-24(11-14-27)31-19-36-21-40(31)3/h8-22,28,33H,5-7H2,1-4H3,(H,38,45)(H,39,44)/t28-,33+/m1/s1. The lowest BCUT2D eigenvalue weighted by atomic mass is 9.77. The van der Waals surface area contributed by atoms with Crippen molar-refractivity contribution >= 4 is 17.5 Å². The average Bonchev–Trinajstić information content (AvgIpc) is 3.67. The molecule has 3 aromatic heterocycles. The van der Waals surface area contributed by atoms with E-state index < -0.39 is 6.04 Å². The number of aromatic nitrogens is 5. The number of rotatable bonds is 8. The quantitative estimate of drug-likeness (QED) is 0.257. The average molecular weight is 604 g/mol. The van der Waals surface area contributed by atoms with Gasteiger partial charge in [0.25, 0.3) is 11.5 Å². The molecule has 0 spiro atoms. The first-order valence-corrected chi connectivity index (χ1v) is 15.2. The summed E-state index contributed by atoms with van der Waals surface area (Å²) in [6, 6.07) is 18.1. The van der Waals surface area contributed by atoms with Crippen molar-refractivity contribution in [2.45, 2.75) is 51.1 Å². The molecule has 0 saturated carbocycles. The number of carbonyl (C=O) groups is 2. The van der Waals surface area contributed by atoms with Gasteiger partial charge < -0.3 is 19.8 Å². The van der Waals surface area contributed by atoms with Crippen molar-refractivity contribution < 1.29 is 9.59 Å². The number of benzene rings is 2. The predicted molar refractivity (Wildman–Crippen MR) is 174 cm³/mol. The van der Waals surface area contributed by atoms with Crippen LogP contribution in [0.2, 0.25) is 0 Å². The minimum absolute atomic E-state index is 0.0244. The summed E-state index contributed by atoms with van der Waals surface area (Å²) in [5.74, 6) is -0.931. The second-order valence-corrected chi connectivity index (χ2v) is 11.9. The smallest absolute Gasteiger partial charge is 0.270 e. The van der Waals surface area contributed by atoms with E-state index in [4.69, 9.17) is 0 Å². The molecule has 1 aliphatic rings. The van der Waals surface area contributed by atoms with Crippen molar-refractivity contribution in [1.29, 1.82) is 0 Å². The maximum absolute atomic E-state index is 14.1. The lowest BCUT2D eigenvalue weighted by Gasteiger charge is -2.32. The van der Waals surface area contributed by atoms with Gasteiger partial charge in [0.1, 0.15) is 11.7 Å². The molecule has 2 atom stereocenters. The largest absolute Gasteiger partial charge is 0.338 e. The highest BCUT2D eigenvalue weighted by Crippen LogP contribution is 2.37. The monoisotopic (exact) mass is 603 g/mol. The van der Waals surface area contributed by atoms with Gasteiger partial charge in [-0.1, -0.05) is 30.3 Å². The van der Waals surface area contributed by atoms with Gasteiger partial charge in [-0.2, -0.15) is 5.10 Å². The topological polar surface area (TPSA) is 116 Å². The number of hydrogen-bond donors (Lipinski definition) is 2. The van der Waals surface area contributed by atoms with E-state index in [0.29, 0.717) is 11.4 Å². The van der Waals surface area contributed by atoms with Crippen LogP contribution in [0.3, 0.4) is 0 Å². The molecule has 2 amide bonds. The van der Waals surface area contributed by atoms with Gasteiger partial charge in [-0.25, -0.2) is 4.98 Å². The normalized spacial score (nSPS) is 15.0. The Morgan fingerprint density at radius 2 is 1.71 bits per heavy atom. The molecule has 2 aromatic carbocycles. The first kappa shape index (κ1) is 29.8. The van der Waals surface area contributed by atoms with Gasteiger partial charge >= 0.3 is 0 Å². The number of imidazole rings is 1. The molecule has 45 heavy (non-hydrogen) atoms. The second kappa shape index (κ2) is 12.4. The third-order valence-electron chi connectivity index (χ3n) is 8.62. The molecule has 2 N–H and O–H groups in total. The van der Waals surface area contributed by atoms with Crippen LogP contribution in [0.15, 0.2) is 90.4 Å². The van der Waals surface area contributed by atoms with E-state index in [1.165, 1.54) is 4.68 Å². The Kier molecular flexibility index (Phi) is 8.21. The van der Waals surface area contributed by atoms with Crippen LogP contribution < -0.4 is 16.2 Å². The number of fused-ring (bicyclic) bond motifs is 1. The zero-order valence-electron chi connectivity index (χ0n) is 25.9. The highest BCUT2D eigenvalue weighted by molar-refractivity contribution is 6.01. The van der Waals surface area contributed by atoms with Crippen molar-refractivity contribution in [3.8, 4) is 22.4 Å². The number of amides is 2. The Labute approximate surface area is 261 Å². The molecule has 230 valence electrons. The Hall–Kier alpha value is -5.25. The SMILES string of the molecule is CC(C)n1cc(-c2ccc3c(c2)[C@H]([C@H](NC(=O)c2ccnn2C)C(=O)Nc2ccc(-c4cncn4C)cc2)CCC3)ccc1=O. The van der Waals surface area contributed by atoms with Crippen LogP contribution in [0.5, 0.6) is 0 Å². The lowest BCUT2D eigenvalue weighted by Crippen LogP contribution is -2.48. The molecule has 3 heterocycles. The van der Waals surface area contributed by atoms with Crippen LogP contribution in [0.25, 0.3) is 22.4 Å². The molecule has 0 radical (unpaired) electrons. The number of pyridine rings is 1. The van der Waals surface area contributed by atoms with Crippen LogP contribution >= 0.6 is 0 Å². The molecule has 0 aliphatic heterocycles. The first-order valence-electron chi connectivity index (χ1n) is 15.2. The molecule has 0 saturated heterocycles. The fourth-order valence-electron chi connectivity index (χ4n) is 6.18. The Morgan fingerprint density at radius 3 is 2.40 bits per heavy atom. The summed E-state index contributed by atoms with van der Waals surface area (Å²) in [6.45, 7) is 3.96. The molecule has 10 nitrogen and oxygen atoms in total. The van der Waals surface area contributed by atoms with Crippen molar-refractivity contribution in [2.24, 2.45) is 14.1 Å². The fourth-order valence-corrected chi connectivity index (χ4v) is 6.18. The maximum Gasteiger partial charge on any atom is 0.270 e. The second-order valence-electron chi connectivity index (χ2n) is 11.9. The highest BCUT2D eigenvalue weighted by atomic mass is 16.2. The molecule has 1 aliphatic carbocycles. The van der Waals surface area contributed by atoms with Crippen LogP contribution in [0.4, 0.5) is 5.69 Å². The van der Waals surface area contributed by atoms with E-state index in [1.54, 1.807) is 42.5 Å². The van der Waals surface area contributed by atoms with E-state index in [0.717, 1.165) is 52.8 Å². The van der Waals surface area contributed by atoms with E-state index in [1.807, 2.05) is 62.0 Å². The number of anilines is 1. The van der Waals surface area contributed by atoms with Crippen molar-refractivity contribution in [2.75, 3.05) is 5.32 Å². The molecule has 5 aromatic rings. The van der Waals surface area contributed by atoms with Gasteiger partial charge in [-0.3, -0.25) is 19.1 Å². The third kappa shape index (κ3) is 6.08. The summed E-state index contributed by atoms with van der Waals surface area (Å²) in [6.07, 6.45) is 9.49. The maximum atomic E-state index is 14.1. The number of nitrogens with zero attached hydrogens (tertiary/aromatic N) is 5. The van der Waals surface area contributed by atoms with E-state index in [-0.39, 0.29) is 29.3 Å². The van der Waals surface area contributed by atoms with Crippen molar-refractivity contribution in [1.82, 2.24) is 29.2 Å².